The number of nitrogens with two attached hydrogens (primary N) is 1. The second-order valence-electron chi connectivity index (χ2n) is 2.35. The Bertz CT molecular complexity index is 314. The summed E-state index contributed by atoms with van der Waals surface area (Å²) in [6.07, 6.45) is -4.46. The number of nitrogen functional groups attached to an aromatic ring is 1. The fourth-order valence-electron chi connectivity index (χ4n) is 0.893. The summed E-state index contributed by atoms with van der Waals surface area (Å²) in [6.45, 7) is 0. The van der Waals surface area contributed by atoms with E-state index in [4.69, 9.17) is 17.3 Å². The number of hydrogen-bond acceptors (Lipinski definition) is 1. The van der Waals surface area contributed by atoms with E-state index in [1.165, 1.54) is 0 Å². The van der Waals surface area contributed by atoms with Gasteiger partial charge in [0, 0.05) is 15.2 Å². The maximum absolute atomic E-state index is 12.3. The molecular formula is C7H4BrClF3N. The highest BCUT2D eigenvalue weighted by Gasteiger charge is 2.35. The minimum atomic E-state index is -4.46. The molecule has 0 heterocycles. The van der Waals surface area contributed by atoms with E-state index in [0.29, 0.717) is 0 Å². The first-order chi connectivity index (χ1) is 5.82. The van der Waals surface area contributed by atoms with Gasteiger partial charge in [-0.2, -0.15) is 13.2 Å². The van der Waals surface area contributed by atoms with Crippen LogP contribution in [0.2, 0.25) is 5.02 Å². The Morgan fingerprint density at radius 1 is 1.31 bits per heavy atom. The van der Waals surface area contributed by atoms with Crippen LogP contribution in [0.4, 0.5) is 18.9 Å². The summed E-state index contributed by atoms with van der Waals surface area (Å²) >= 11 is 8.24. The van der Waals surface area contributed by atoms with Crippen molar-refractivity contribution in [2.45, 2.75) is 6.18 Å². The van der Waals surface area contributed by atoms with Gasteiger partial charge in [0.05, 0.1) is 5.56 Å². The first-order valence-electron chi connectivity index (χ1n) is 3.14. The minimum absolute atomic E-state index is 0.148. The molecule has 0 atom stereocenters. The van der Waals surface area contributed by atoms with Crippen molar-refractivity contribution in [2.75, 3.05) is 5.73 Å². The highest BCUT2D eigenvalue weighted by atomic mass is 79.9. The third-order valence-electron chi connectivity index (χ3n) is 1.37. The van der Waals surface area contributed by atoms with E-state index in [1.54, 1.807) is 0 Å². The van der Waals surface area contributed by atoms with E-state index < -0.39 is 11.7 Å². The molecule has 0 unspecified atom stereocenters. The Balaban J connectivity index is 3.38. The van der Waals surface area contributed by atoms with Gasteiger partial charge in [0.15, 0.2) is 0 Å². The van der Waals surface area contributed by atoms with Crippen LogP contribution in [0.5, 0.6) is 0 Å². The lowest BCUT2D eigenvalue weighted by molar-refractivity contribution is -0.137. The van der Waals surface area contributed by atoms with Crippen molar-refractivity contribution < 1.29 is 13.2 Å². The van der Waals surface area contributed by atoms with Gasteiger partial charge < -0.3 is 5.73 Å². The minimum Gasteiger partial charge on any atom is -0.398 e. The van der Waals surface area contributed by atoms with Crippen LogP contribution in [-0.4, -0.2) is 0 Å². The van der Waals surface area contributed by atoms with Gasteiger partial charge in [-0.1, -0.05) is 27.5 Å². The molecule has 0 aliphatic heterocycles. The lowest BCUT2D eigenvalue weighted by Crippen LogP contribution is -2.09. The molecule has 0 bridgehead atoms. The normalized spacial score (nSPS) is 11.8. The number of halogens is 5. The van der Waals surface area contributed by atoms with Crippen molar-refractivity contribution in [1.82, 2.24) is 0 Å². The van der Waals surface area contributed by atoms with Crippen LogP contribution >= 0.6 is 27.5 Å². The van der Waals surface area contributed by atoms with E-state index in [-0.39, 0.29) is 15.2 Å². The topological polar surface area (TPSA) is 26.0 Å². The Kier molecular flexibility index (Phi) is 2.77. The van der Waals surface area contributed by atoms with Gasteiger partial charge in [-0.25, -0.2) is 0 Å². The molecule has 0 radical (unpaired) electrons. The summed E-state index contributed by atoms with van der Waals surface area (Å²) in [5.74, 6) is 0. The fraction of sp³-hybridized carbons (Fsp3) is 0.143. The van der Waals surface area contributed by atoms with Gasteiger partial charge in [-0.15, -0.1) is 0 Å². The largest absolute Gasteiger partial charge is 0.419 e. The molecule has 6 heteroatoms. The molecule has 2 N–H and O–H groups in total. The van der Waals surface area contributed by atoms with E-state index in [1.807, 2.05) is 0 Å². The van der Waals surface area contributed by atoms with E-state index >= 15 is 0 Å². The predicted octanol–water partition coefficient (Wildman–Crippen LogP) is 3.70. The van der Waals surface area contributed by atoms with Crippen molar-refractivity contribution in [2.24, 2.45) is 0 Å². The first kappa shape index (κ1) is 10.7. The Morgan fingerprint density at radius 3 is 2.23 bits per heavy atom. The number of alkyl halides is 3. The number of benzene rings is 1. The molecule has 1 aromatic rings. The third-order valence-corrected chi connectivity index (χ3v) is 2.21. The van der Waals surface area contributed by atoms with E-state index in [0.717, 1.165) is 12.1 Å². The Labute approximate surface area is 85.8 Å². The van der Waals surface area contributed by atoms with Crippen LogP contribution in [0.15, 0.2) is 16.6 Å². The van der Waals surface area contributed by atoms with Crippen molar-refractivity contribution in [3.05, 3.63) is 27.2 Å². The molecule has 0 saturated heterocycles. The zero-order valence-corrected chi connectivity index (χ0v) is 8.46. The average Bonchev–Trinajstić information content (AvgIpc) is 1.78. The van der Waals surface area contributed by atoms with Crippen molar-refractivity contribution >= 4 is 33.2 Å². The summed E-state index contributed by atoms with van der Waals surface area (Å²) in [4.78, 5) is 0. The molecule has 0 amide bonds. The quantitative estimate of drug-likeness (QED) is 0.717. The molecule has 0 spiro atoms. The second-order valence-corrected chi connectivity index (χ2v) is 3.64. The monoisotopic (exact) mass is 273 g/mol. The van der Waals surface area contributed by atoms with Gasteiger partial charge in [0.25, 0.3) is 0 Å². The van der Waals surface area contributed by atoms with E-state index in [9.17, 15) is 13.2 Å². The lowest BCUT2D eigenvalue weighted by Gasteiger charge is -2.11. The van der Waals surface area contributed by atoms with Crippen molar-refractivity contribution in [3.63, 3.8) is 0 Å². The SMILES string of the molecule is Nc1cc(Cl)cc(Br)c1C(F)(F)F. The van der Waals surface area contributed by atoms with Crippen LogP contribution in [0.1, 0.15) is 5.56 Å². The molecule has 0 aliphatic carbocycles. The standard InChI is InChI=1S/C7H4BrClF3N/c8-4-1-3(9)2-5(13)6(4)7(10,11)12/h1-2H,13H2. The molecule has 0 saturated carbocycles. The predicted molar refractivity (Wildman–Crippen MR) is 48.6 cm³/mol. The zero-order valence-electron chi connectivity index (χ0n) is 6.12. The molecule has 1 rings (SSSR count). The molecule has 13 heavy (non-hydrogen) atoms. The van der Waals surface area contributed by atoms with Crippen LogP contribution < -0.4 is 5.73 Å². The van der Waals surface area contributed by atoms with Gasteiger partial charge in [0.2, 0.25) is 0 Å². The van der Waals surface area contributed by atoms with Gasteiger partial charge in [0.1, 0.15) is 0 Å². The van der Waals surface area contributed by atoms with Crippen molar-refractivity contribution in [1.29, 1.82) is 0 Å². The number of rotatable bonds is 0. The zero-order chi connectivity index (χ0) is 10.2. The number of hydrogen-bond donors (Lipinski definition) is 1. The van der Waals surface area contributed by atoms with Gasteiger partial charge in [-0.3, -0.25) is 0 Å². The summed E-state index contributed by atoms with van der Waals surface area (Å²) in [5, 5.41) is 0.164. The summed E-state index contributed by atoms with van der Waals surface area (Å²) < 4.78 is 36.7. The number of anilines is 1. The van der Waals surface area contributed by atoms with Crippen LogP contribution in [0, 0.1) is 0 Å². The summed E-state index contributed by atoms with van der Waals surface area (Å²) in [7, 11) is 0. The van der Waals surface area contributed by atoms with E-state index in [2.05, 4.69) is 15.9 Å². The van der Waals surface area contributed by atoms with Crippen LogP contribution in [-0.2, 0) is 6.18 Å². The highest BCUT2D eigenvalue weighted by Crippen LogP contribution is 2.40. The molecular weight excluding hydrogens is 270 g/mol. The Morgan fingerprint density at radius 2 is 1.85 bits per heavy atom. The summed E-state index contributed by atoms with van der Waals surface area (Å²) in [5.41, 5.74) is 3.90. The van der Waals surface area contributed by atoms with Gasteiger partial charge >= 0.3 is 6.18 Å². The summed E-state index contributed by atoms with van der Waals surface area (Å²) in [6, 6.07) is 2.22. The first-order valence-corrected chi connectivity index (χ1v) is 4.31. The molecule has 1 nitrogen and oxygen atoms in total. The molecule has 0 aliphatic rings. The molecule has 0 fully saturated rings. The molecule has 1 aromatic carbocycles. The maximum atomic E-state index is 12.3. The average molecular weight is 274 g/mol. The Hall–Kier alpha value is -0.420. The molecule has 72 valence electrons. The molecule has 0 aromatic heterocycles. The highest BCUT2D eigenvalue weighted by molar-refractivity contribution is 9.10. The maximum Gasteiger partial charge on any atom is 0.419 e. The lowest BCUT2D eigenvalue weighted by atomic mass is 10.2. The van der Waals surface area contributed by atoms with Crippen LogP contribution in [0.25, 0.3) is 0 Å². The van der Waals surface area contributed by atoms with Crippen molar-refractivity contribution in [3.8, 4) is 0 Å². The van der Waals surface area contributed by atoms with Gasteiger partial charge in [-0.05, 0) is 12.1 Å². The van der Waals surface area contributed by atoms with Crippen LogP contribution in [0.3, 0.4) is 0 Å². The fourth-order valence-corrected chi connectivity index (χ4v) is 1.95. The second kappa shape index (κ2) is 3.38. The smallest absolute Gasteiger partial charge is 0.398 e. The third kappa shape index (κ3) is 2.28.